The Bertz CT molecular complexity index is 1030. The number of aliphatic carboxylic acids is 1. The van der Waals surface area contributed by atoms with Gasteiger partial charge in [0.05, 0.1) is 5.92 Å². The zero-order valence-corrected chi connectivity index (χ0v) is 19.9. The van der Waals surface area contributed by atoms with Gasteiger partial charge in [0.25, 0.3) is 0 Å². The highest BCUT2D eigenvalue weighted by Gasteiger charge is 2.34. The van der Waals surface area contributed by atoms with E-state index in [0.29, 0.717) is 19.4 Å². The smallest absolute Gasteiger partial charge is 0.407 e. The molecule has 3 atom stereocenters. The molecule has 3 N–H and O–H groups in total. The van der Waals surface area contributed by atoms with Gasteiger partial charge in [0.2, 0.25) is 5.91 Å². The van der Waals surface area contributed by atoms with E-state index in [1.165, 1.54) is 0 Å². The monoisotopic (exact) mass is 480 g/mol. The minimum Gasteiger partial charge on any atom is -0.479 e. The highest BCUT2D eigenvalue weighted by atomic mass is 16.5. The fourth-order valence-electron chi connectivity index (χ4n) is 5.02. The molecule has 8 heteroatoms. The maximum absolute atomic E-state index is 12.7. The Kier molecular flexibility index (Phi) is 8.02. The number of carbonyl (C=O) groups is 3. The van der Waals surface area contributed by atoms with E-state index >= 15 is 0 Å². The van der Waals surface area contributed by atoms with Gasteiger partial charge in [0.1, 0.15) is 6.61 Å². The molecule has 2 amide bonds. The number of carbonyl (C=O) groups excluding carboxylic acids is 2. The van der Waals surface area contributed by atoms with Crippen LogP contribution in [0.5, 0.6) is 0 Å². The highest BCUT2D eigenvalue weighted by molar-refractivity contribution is 5.80. The van der Waals surface area contributed by atoms with Crippen molar-refractivity contribution in [2.24, 2.45) is 11.8 Å². The maximum atomic E-state index is 12.7. The first-order valence-electron chi connectivity index (χ1n) is 12.2. The number of hydrogen-bond donors (Lipinski definition) is 3. The summed E-state index contributed by atoms with van der Waals surface area (Å²) < 4.78 is 10.8. The van der Waals surface area contributed by atoms with Crippen LogP contribution >= 0.6 is 0 Å². The van der Waals surface area contributed by atoms with Crippen LogP contribution in [0.15, 0.2) is 48.5 Å². The molecule has 0 radical (unpaired) electrons. The summed E-state index contributed by atoms with van der Waals surface area (Å²) in [5.74, 6) is -1.93. The lowest BCUT2D eigenvalue weighted by atomic mass is 9.98. The number of amides is 2. The molecule has 1 heterocycles. The Morgan fingerprint density at radius 3 is 2.34 bits per heavy atom. The van der Waals surface area contributed by atoms with E-state index in [1.807, 2.05) is 31.2 Å². The van der Waals surface area contributed by atoms with E-state index in [2.05, 4.69) is 34.9 Å². The Morgan fingerprint density at radius 1 is 1.06 bits per heavy atom. The van der Waals surface area contributed by atoms with Crippen molar-refractivity contribution in [3.63, 3.8) is 0 Å². The van der Waals surface area contributed by atoms with Crippen LogP contribution in [0.3, 0.4) is 0 Å². The Hall–Kier alpha value is -3.39. The number of fused-ring (bicyclic) bond motifs is 3. The number of ether oxygens (including phenoxy) is 2. The molecule has 0 spiro atoms. The minimum absolute atomic E-state index is 0.0290. The number of rotatable bonds is 10. The third kappa shape index (κ3) is 5.65. The summed E-state index contributed by atoms with van der Waals surface area (Å²) in [7, 11) is 0. The van der Waals surface area contributed by atoms with Crippen molar-refractivity contribution in [1.29, 1.82) is 0 Å². The van der Waals surface area contributed by atoms with E-state index in [0.717, 1.165) is 28.7 Å². The lowest BCUT2D eigenvalue weighted by Gasteiger charge is -2.20. The normalized spacial score (nSPS) is 19.5. The van der Waals surface area contributed by atoms with Crippen LogP contribution in [0.4, 0.5) is 4.79 Å². The lowest BCUT2D eigenvalue weighted by Crippen LogP contribution is -2.42. The summed E-state index contributed by atoms with van der Waals surface area (Å²) in [6, 6.07) is 16.3. The second kappa shape index (κ2) is 11.4. The minimum atomic E-state index is -1.01. The van der Waals surface area contributed by atoms with Crippen LogP contribution in [-0.2, 0) is 19.1 Å². The summed E-state index contributed by atoms with van der Waals surface area (Å²) >= 11 is 0. The summed E-state index contributed by atoms with van der Waals surface area (Å²) in [5, 5.41) is 14.8. The summed E-state index contributed by atoms with van der Waals surface area (Å²) in [5.41, 5.74) is 4.60. The average molecular weight is 481 g/mol. The van der Waals surface area contributed by atoms with Crippen LogP contribution in [-0.4, -0.2) is 55.5 Å². The molecular formula is C27H32N2O6. The zero-order valence-electron chi connectivity index (χ0n) is 19.9. The van der Waals surface area contributed by atoms with Crippen molar-refractivity contribution in [3.05, 3.63) is 59.7 Å². The van der Waals surface area contributed by atoms with Gasteiger partial charge in [0.15, 0.2) is 6.10 Å². The molecule has 0 saturated carbocycles. The lowest BCUT2D eigenvalue weighted by molar-refractivity contribution is -0.149. The third-order valence-corrected chi connectivity index (χ3v) is 6.84. The molecule has 1 aliphatic carbocycles. The van der Waals surface area contributed by atoms with E-state index < -0.39 is 24.1 Å². The van der Waals surface area contributed by atoms with Crippen molar-refractivity contribution in [1.82, 2.24) is 10.6 Å². The summed E-state index contributed by atoms with van der Waals surface area (Å²) in [6.07, 6.45) is 0.510. The molecule has 8 nitrogen and oxygen atoms in total. The Labute approximate surface area is 205 Å². The first-order chi connectivity index (χ1) is 17.0. The third-order valence-electron chi connectivity index (χ3n) is 6.84. The van der Waals surface area contributed by atoms with E-state index in [4.69, 9.17) is 9.47 Å². The molecule has 186 valence electrons. The van der Waals surface area contributed by atoms with Crippen molar-refractivity contribution in [3.8, 4) is 11.1 Å². The zero-order chi connectivity index (χ0) is 24.8. The van der Waals surface area contributed by atoms with Gasteiger partial charge in [-0.1, -0.05) is 61.9 Å². The van der Waals surface area contributed by atoms with Crippen molar-refractivity contribution in [2.75, 3.05) is 26.3 Å². The molecule has 3 unspecified atom stereocenters. The number of carboxylic acid groups (broad SMARTS) is 1. The van der Waals surface area contributed by atoms with Crippen LogP contribution in [0, 0.1) is 11.8 Å². The highest BCUT2D eigenvalue weighted by Crippen LogP contribution is 2.44. The SMILES string of the molecule is CCCC(CNC(=O)OCC1c2ccccc2-c2ccccc21)C(=O)NCC1CCOC1C(=O)O. The van der Waals surface area contributed by atoms with Gasteiger partial charge in [-0.2, -0.15) is 0 Å². The molecule has 1 aliphatic heterocycles. The average Bonchev–Trinajstić information content (AvgIpc) is 3.47. The fraction of sp³-hybridized carbons (Fsp3) is 0.444. The second-order valence-electron chi connectivity index (χ2n) is 9.12. The molecule has 1 fully saturated rings. The molecule has 2 aromatic rings. The predicted octanol–water partition coefficient (Wildman–Crippen LogP) is 3.55. The molecule has 2 aromatic carbocycles. The Morgan fingerprint density at radius 2 is 1.71 bits per heavy atom. The summed E-state index contributed by atoms with van der Waals surface area (Å²) in [6.45, 7) is 2.95. The second-order valence-corrected chi connectivity index (χ2v) is 9.12. The van der Waals surface area contributed by atoms with Gasteiger partial charge in [-0.3, -0.25) is 4.79 Å². The van der Waals surface area contributed by atoms with Crippen LogP contribution in [0.25, 0.3) is 11.1 Å². The van der Waals surface area contributed by atoms with E-state index in [9.17, 15) is 19.5 Å². The number of benzene rings is 2. The van der Waals surface area contributed by atoms with Gasteiger partial charge >= 0.3 is 12.1 Å². The van der Waals surface area contributed by atoms with E-state index in [-0.39, 0.29) is 37.4 Å². The molecule has 1 saturated heterocycles. The molecule has 35 heavy (non-hydrogen) atoms. The standard InChI is InChI=1S/C27H32N2O6/c1-2-7-18(25(30)28-14-17-12-13-34-24(17)26(31)32)15-29-27(33)35-16-23-21-10-5-3-8-19(21)20-9-4-6-11-22(20)23/h3-6,8-11,17-18,23-24H,2,7,12-16H2,1H3,(H,28,30)(H,29,33)(H,31,32). The van der Waals surface area contributed by atoms with Gasteiger partial charge in [-0.05, 0) is 35.1 Å². The number of carboxylic acids is 1. The molecule has 0 aromatic heterocycles. The number of alkyl carbamates (subject to hydrolysis) is 1. The van der Waals surface area contributed by atoms with Gasteiger partial charge < -0.3 is 25.2 Å². The van der Waals surface area contributed by atoms with Gasteiger partial charge in [0, 0.05) is 31.5 Å². The quantitative estimate of drug-likeness (QED) is 0.479. The van der Waals surface area contributed by atoms with Crippen molar-refractivity contribution in [2.45, 2.75) is 38.2 Å². The van der Waals surface area contributed by atoms with Crippen molar-refractivity contribution >= 4 is 18.0 Å². The molecular weight excluding hydrogens is 448 g/mol. The van der Waals surface area contributed by atoms with Gasteiger partial charge in [-0.15, -0.1) is 0 Å². The van der Waals surface area contributed by atoms with Crippen LogP contribution in [0.1, 0.15) is 43.2 Å². The first-order valence-corrected chi connectivity index (χ1v) is 12.2. The van der Waals surface area contributed by atoms with Crippen molar-refractivity contribution < 1.29 is 29.0 Å². The van der Waals surface area contributed by atoms with E-state index in [1.54, 1.807) is 0 Å². The maximum Gasteiger partial charge on any atom is 0.407 e. The predicted molar refractivity (Wildman–Crippen MR) is 130 cm³/mol. The van der Waals surface area contributed by atoms with Crippen LogP contribution in [0.2, 0.25) is 0 Å². The topological polar surface area (TPSA) is 114 Å². The largest absolute Gasteiger partial charge is 0.479 e. The fourth-order valence-corrected chi connectivity index (χ4v) is 5.02. The number of nitrogens with one attached hydrogen (secondary N) is 2. The van der Waals surface area contributed by atoms with Crippen LogP contribution < -0.4 is 10.6 Å². The number of hydrogen-bond acceptors (Lipinski definition) is 5. The van der Waals surface area contributed by atoms with Gasteiger partial charge in [-0.25, -0.2) is 9.59 Å². The molecule has 2 aliphatic rings. The first kappa shape index (κ1) is 24.7. The molecule has 4 rings (SSSR count). The summed E-state index contributed by atoms with van der Waals surface area (Å²) in [4.78, 5) is 36.5. The molecule has 0 bridgehead atoms. The Balaban J connectivity index is 1.28.